The zero-order chi connectivity index (χ0) is 18.9. The van der Waals surface area contributed by atoms with E-state index in [4.69, 9.17) is 5.41 Å². The zero-order valence-corrected chi connectivity index (χ0v) is 15.2. The van der Waals surface area contributed by atoms with E-state index in [0.717, 1.165) is 11.1 Å². The maximum absolute atomic E-state index is 12.1. The van der Waals surface area contributed by atoms with Gasteiger partial charge >= 0.3 is 0 Å². The third-order valence-electron chi connectivity index (χ3n) is 4.25. The van der Waals surface area contributed by atoms with Crippen molar-refractivity contribution in [2.24, 2.45) is 0 Å². The van der Waals surface area contributed by atoms with Crippen LogP contribution in [-0.4, -0.2) is 17.8 Å². The van der Waals surface area contributed by atoms with E-state index < -0.39 is 0 Å². The van der Waals surface area contributed by atoms with Gasteiger partial charge < -0.3 is 0 Å². The highest BCUT2D eigenvalue weighted by molar-refractivity contribution is 6.03. The average Bonchev–Trinajstić information content (AvgIpc) is 2.62. The lowest BCUT2D eigenvalue weighted by atomic mass is 9.97. The molecule has 0 aliphatic carbocycles. The minimum atomic E-state index is -0.289. The molecule has 2 amide bonds. The van der Waals surface area contributed by atoms with E-state index in [1.807, 2.05) is 74.5 Å². The molecule has 0 aliphatic rings. The monoisotopic (exact) mass is 351 g/mol. The number of benzene rings is 2. The highest BCUT2D eigenvalue weighted by Crippen LogP contribution is 2.19. The molecule has 2 atom stereocenters. The van der Waals surface area contributed by atoms with Gasteiger partial charge in [0.1, 0.15) is 0 Å². The highest BCUT2D eigenvalue weighted by Gasteiger charge is 2.15. The van der Waals surface area contributed by atoms with Crippen LogP contribution in [0.1, 0.15) is 49.7 Å². The van der Waals surface area contributed by atoms with Gasteiger partial charge in [-0.1, -0.05) is 74.5 Å². The minimum Gasteiger partial charge on any atom is -0.297 e. The Hall–Kier alpha value is -2.95. The van der Waals surface area contributed by atoms with E-state index in [1.165, 1.54) is 0 Å². The fourth-order valence-electron chi connectivity index (χ4n) is 2.77. The first-order valence-electron chi connectivity index (χ1n) is 8.74. The van der Waals surface area contributed by atoms with Gasteiger partial charge in [0.05, 0.1) is 0 Å². The van der Waals surface area contributed by atoms with Crippen molar-refractivity contribution in [1.29, 1.82) is 5.41 Å². The summed E-state index contributed by atoms with van der Waals surface area (Å²) < 4.78 is 0. The van der Waals surface area contributed by atoms with Crippen LogP contribution in [0.15, 0.2) is 60.7 Å². The van der Waals surface area contributed by atoms with E-state index in [9.17, 15) is 9.59 Å². The summed E-state index contributed by atoms with van der Waals surface area (Å²) >= 11 is 0. The van der Waals surface area contributed by atoms with Crippen molar-refractivity contribution >= 4 is 17.8 Å². The lowest BCUT2D eigenvalue weighted by Gasteiger charge is -2.14. The maximum Gasteiger partial charge on any atom is 0.227 e. The van der Waals surface area contributed by atoms with Gasteiger partial charge in [0.15, 0.2) is 0 Å². The molecule has 136 valence electrons. The molecule has 2 aromatic rings. The number of amides is 2. The number of carbonyl (C=O) groups excluding carboxylic acids is 2. The van der Waals surface area contributed by atoms with E-state index in [0.29, 0.717) is 0 Å². The van der Waals surface area contributed by atoms with Gasteiger partial charge in [0.2, 0.25) is 17.8 Å². The molecular weight excluding hydrogens is 326 g/mol. The first-order valence-corrected chi connectivity index (χ1v) is 8.74. The van der Waals surface area contributed by atoms with Crippen LogP contribution in [0.25, 0.3) is 0 Å². The Morgan fingerprint density at radius 1 is 0.769 bits per heavy atom. The lowest BCUT2D eigenvalue weighted by Crippen LogP contribution is -2.43. The summed E-state index contributed by atoms with van der Waals surface area (Å²) in [6.45, 7) is 3.91. The Morgan fingerprint density at radius 2 is 1.12 bits per heavy atom. The second-order valence-electron chi connectivity index (χ2n) is 6.50. The number of nitrogens with one attached hydrogen (secondary N) is 3. The van der Waals surface area contributed by atoms with Crippen LogP contribution in [0.4, 0.5) is 0 Å². The molecule has 3 N–H and O–H groups in total. The predicted molar refractivity (Wildman–Crippen MR) is 103 cm³/mol. The van der Waals surface area contributed by atoms with Crippen molar-refractivity contribution in [1.82, 2.24) is 10.6 Å². The molecule has 2 rings (SSSR count). The molecule has 0 aromatic heterocycles. The Balaban J connectivity index is 1.77. The molecule has 5 heteroatoms. The van der Waals surface area contributed by atoms with Gasteiger partial charge in [-0.2, -0.15) is 0 Å². The van der Waals surface area contributed by atoms with Gasteiger partial charge in [-0.3, -0.25) is 25.6 Å². The molecule has 0 saturated carbocycles. The SMILES string of the molecule is CC(CC(=O)NC(=N)NC(=O)CC(C)c1ccccc1)c1ccccc1. The molecule has 0 saturated heterocycles. The molecule has 0 radical (unpaired) electrons. The fraction of sp³-hybridized carbons (Fsp3) is 0.286. The molecule has 2 unspecified atom stereocenters. The number of guanidine groups is 1. The molecule has 5 nitrogen and oxygen atoms in total. The lowest BCUT2D eigenvalue weighted by molar-refractivity contribution is -0.120. The van der Waals surface area contributed by atoms with Crippen molar-refractivity contribution in [2.75, 3.05) is 0 Å². The van der Waals surface area contributed by atoms with Crippen molar-refractivity contribution in [3.63, 3.8) is 0 Å². The van der Waals surface area contributed by atoms with Gasteiger partial charge in [0, 0.05) is 12.8 Å². The third-order valence-corrected chi connectivity index (χ3v) is 4.25. The first kappa shape index (κ1) is 19.4. The minimum absolute atomic E-state index is 0.0396. The number of rotatable bonds is 6. The molecule has 26 heavy (non-hydrogen) atoms. The number of carbonyl (C=O) groups is 2. The van der Waals surface area contributed by atoms with Crippen molar-refractivity contribution in [3.8, 4) is 0 Å². The van der Waals surface area contributed by atoms with E-state index in [1.54, 1.807) is 0 Å². The predicted octanol–water partition coefficient (Wildman–Crippen LogP) is 3.54. The molecule has 0 aliphatic heterocycles. The first-order chi connectivity index (χ1) is 12.5. The van der Waals surface area contributed by atoms with Crippen LogP contribution >= 0.6 is 0 Å². The highest BCUT2D eigenvalue weighted by atomic mass is 16.2. The van der Waals surface area contributed by atoms with Crippen molar-refractivity contribution in [3.05, 3.63) is 71.8 Å². The van der Waals surface area contributed by atoms with Gasteiger partial charge in [-0.15, -0.1) is 0 Å². The topological polar surface area (TPSA) is 82.1 Å². The Bertz CT molecular complexity index is 681. The summed E-state index contributed by atoms with van der Waals surface area (Å²) in [6, 6.07) is 19.5. The standard InChI is InChI=1S/C21H25N3O2/c1-15(17-9-5-3-6-10-17)13-19(25)23-21(22)24-20(26)14-16(2)18-11-7-4-8-12-18/h3-12,15-16H,13-14H2,1-2H3,(H3,22,23,24,25,26). The molecule has 2 aromatic carbocycles. The number of hydrogen-bond donors (Lipinski definition) is 3. The molecule has 0 heterocycles. The van der Waals surface area contributed by atoms with Gasteiger partial charge in [0.25, 0.3) is 0 Å². The van der Waals surface area contributed by atoms with Crippen LogP contribution in [0.5, 0.6) is 0 Å². The average molecular weight is 351 g/mol. The normalized spacial score (nSPS) is 12.7. The summed E-state index contributed by atoms with van der Waals surface area (Å²) in [4.78, 5) is 24.1. The van der Waals surface area contributed by atoms with Crippen molar-refractivity contribution in [2.45, 2.75) is 38.5 Å². The molecule has 0 bridgehead atoms. The van der Waals surface area contributed by atoms with Crippen LogP contribution < -0.4 is 10.6 Å². The fourth-order valence-corrected chi connectivity index (χ4v) is 2.77. The van der Waals surface area contributed by atoms with Crippen LogP contribution in [0, 0.1) is 5.41 Å². The summed E-state index contributed by atoms with van der Waals surface area (Å²) in [5.74, 6) is -0.776. The molecule has 0 spiro atoms. The van der Waals surface area contributed by atoms with Crippen LogP contribution in [0.3, 0.4) is 0 Å². The molecule has 0 fully saturated rings. The second kappa shape index (κ2) is 9.51. The van der Waals surface area contributed by atoms with Crippen molar-refractivity contribution < 1.29 is 9.59 Å². The summed E-state index contributed by atoms with van der Waals surface area (Å²) in [5.41, 5.74) is 2.13. The van der Waals surface area contributed by atoms with Crippen LogP contribution in [0.2, 0.25) is 0 Å². The third kappa shape index (κ3) is 6.16. The van der Waals surface area contributed by atoms with Gasteiger partial charge in [-0.05, 0) is 23.0 Å². The smallest absolute Gasteiger partial charge is 0.227 e. The van der Waals surface area contributed by atoms with E-state index >= 15 is 0 Å². The summed E-state index contributed by atoms with van der Waals surface area (Å²) in [6.07, 6.45) is 0.505. The Labute approximate surface area is 154 Å². The van der Waals surface area contributed by atoms with Crippen LogP contribution in [-0.2, 0) is 9.59 Å². The Morgan fingerprint density at radius 3 is 1.46 bits per heavy atom. The number of hydrogen-bond acceptors (Lipinski definition) is 3. The summed E-state index contributed by atoms with van der Waals surface area (Å²) in [5, 5.41) is 12.7. The largest absolute Gasteiger partial charge is 0.297 e. The van der Waals surface area contributed by atoms with E-state index in [-0.39, 0.29) is 42.5 Å². The summed E-state index contributed by atoms with van der Waals surface area (Å²) in [7, 11) is 0. The maximum atomic E-state index is 12.1. The Kier molecular flexibility index (Phi) is 7.09. The molecular formula is C21H25N3O2. The van der Waals surface area contributed by atoms with Gasteiger partial charge in [-0.25, -0.2) is 0 Å². The zero-order valence-electron chi connectivity index (χ0n) is 15.2. The quantitative estimate of drug-likeness (QED) is 0.549. The van der Waals surface area contributed by atoms with E-state index in [2.05, 4.69) is 10.6 Å². The second-order valence-corrected chi connectivity index (χ2v) is 6.50.